The van der Waals surface area contributed by atoms with E-state index in [0.717, 1.165) is 70.2 Å². The Balaban J connectivity index is 0.000000673. The molecular formula is C25H36F3N5O6. The molecule has 1 aromatic carbocycles. The van der Waals surface area contributed by atoms with Crippen molar-refractivity contribution in [2.45, 2.75) is 32.4 Å². The number of hydrogen-bond donors (Lipinski definition) is 3. The van der Waals surface area contributed by atoms with E-state index in [9.17, 15) is 22.8 Å². The lowest BCUT2D eigenvalue weighted by Gasteiger charge is -2.36. The summed E-state index contributed by atoms with van der Waals surface area (Å²) >= 11 is 0. The maximum absolute atomic E-state index is 12.5. The van der Waals surface area contributed by atoms with Gasteiger partial charge in [-0.25, -0.2) is 9.59 Å². The lowest BCUT2D eigenvalue weighted by atomic mass is 10.2. The van der Waals surface area contributed by atoms with Crippen molar-refractivity contribution in [3.63, 3.8) is 0 Å². The van der Waals surface area contributed by atoms with Gasteiger partial charge in [-0.05, 0) is 50.5 Å². The molecule has 0 radical (unpaired) electrons. The standard InChI is InChI=1S/C23H35N5O4.C2HF3O2/c1-2-32-17-5-10-24-23(25-20-8-6-19(7-9-20)22(30)31)28-15-13-26(14-16-28)18-21(29)27-11-3-4-12-27;3-2(4,5)1(6)7/h6-9H,2-5,10-18H2,1H3,(H,24,25)(H,30,31);(H,6,7). The number of anilines is 1. The Morgan fingerprint density at radius 2 is 1.56 bits per heavy atom. The fourth-order valence-electron chi connectivity index (χ4n) is 3.92. The van der Waals surface area contributed by atoms with Crippen molar-refractivity contribution < 1.29 is 42.5 Å². The summed E-state index contributed by atoms with van der Waals surface area (Å²) in [6, 6.07) is 6.67. The molecule has 0 aliphatic carbocycles. The smallest absolute Gasteiger partial charge is 0.478 e. The topological polar surface area (TPSA) is 135 Å². The summed E-state index contributed by atoms with van der Waals surface area (Å²) < 4.78 is 37.1. The SMILES string of the molecule is CCOCCCN=C(Nc1ccc(C(=O)O)cc1)N1CCN(CC(=O)N2CCCC2)CC1.O=C(O)C(F)(F)F. The zero-order chi connectivity index (χ0) is 28.8. The zero-order valence-corrected chi connectivity index (χ0v) is 22.0. The quantitative estimate of drug-likeness (QED) is 0.237. The lowest BCUT2D eigenvalue weighted by Crippen LogP contribution is -2.52. The second-order valence-corrected chi connectivity index (χ2v) is 8.92. The molecule has 39 heavy (non-hydrogen) atoms. The second kappa shape index (κ2) is 15.9. The maximum atomic E-state index is 12.5. The first-order chi connectivity index (χ1) is 18.5. The summed E-state index contributed by atoms with van der Waals surface area (Å²) in [5.41, 5.74) is 1.05. The van der Waals surface area contributed by atoms with E-state index < -0.39 is 18.1 Å². The van der Waals surface area contributed by atoms with Crippen LogP contribution >= 0.6 is 0 Å². The van der Waals surface area contributed by atoms with Crippen molar-refractivity contribution in [3.8, 4) is 0 Å². The van der Waals surface area contributed by atoms with Crippen LogP contribution in [0.2, 0.25) is 0 Å². The normalized spacial score (nSPS) is 16.5. The predicted octanol–water partition coefficient (Wildman–Crippen LogP) is 2.45. The van der Waals surface area contributed by atoms with Crippen LogP contribution in [0.1, 0.15) is 36.5 Å². The van der Waals surface area contributed by atoms with E-state index in [1.165, 1.54) is 0 Å². The van der Waals surface area contributed by atoms with Gasteiger partial charge in [0.2, 0.25) is 5.91 Å². The molecular weight excluding hydrogens is 523 g/mol. The summed E-state index contributed by atoms with van der Waals surface area (Å²) in [4.78, 5) is 43.6. The van der Waals surface area contributed by atoms with Gasteiger partial charge in [0, 0.05) is 64.7 Å². The van der Waals surface area contributed by atoms with Crippen LogP contribution in [0, 0.1) is 0 Å². The van der Waals surface area contributed by atoms with Crippen LogP contribution in [0.4, 0.5) is 18.9 Å². The molecule has 2 heterocycles. The van der Waals surface area contributed by atoms with Crippen molar-refractivity contribution in [3.05, 3.63) is 29.8 Å². The number of carboxylic acids is 2. The minimum absolute atomic E-state index is 0.234. The van der Waals surface area contributed by atoms with Gasteiger partial charge < -0.3 is 30.1 Å². The maximum Gasteiger partial charge on any atom is 0.490 e. The molecule has 0 unspecified atom stereocenters. The number of aromatic carboxylic acids is 1. The third-order valence-electron chi connectivity index (χ3n) is 6.03. The number of ether oxygens (including phenoxy) is 1. The van der Waals surface area contributed by atoms with E-state index in [1.54, 1.807) is 24.3 Å². The van der Waals surface area contributed by atoms with Crippen molar-refractivity contribution >= 4 is 29.5 Å². The summed E-state index contributed by atoms with van der Waals surface area (Å²) in [6.45, 7) is 9.41. The number of piperazine rings is 1. The number of hydrogen-bond acceptors (Lipinski definition) is 6. The average Bonchev–Trinajstić information content (AvgIpc) is 3.44. The van der Waals surface area contributed by atoms with Crippen LogP contribution in [-0.4, -0.2) is 120 Å². The molecule has 3 N–H and O–H groups in total. The number of carboxylic acid groups (broad SMARTS) is 2. The van der Waals surface area contributed by atoms with Crippen LogP contribution in [0.15, 0.2) is 29.3 Å². The molecule has 0 bridgehead atoms. The third-order valence-corrected chi connectivity index (χ3v) is 6.03. The minimum Gasteiger partial charge on any atom is -0.478 e. The highest BCUT2D eigenvalue weighted by atomic mass is 19.4. The first kappa shape index (κ1) is 31.8. The monoisotopic (exact) mass is 559 g/mol. The molecule has 11 nitrogen and oxygen atoms in total. The second-order valence-electron chi connectivity index (χ2n) is 8.92. The number of aliphatic imine (C=N–C) groups is 1. The summed E-state index contributed by atoms with van der Waals surface area (Å²) in [5.74, 6) is -2.69. The van der Waals surface area contributed by atoms with Gasteiger partial charge in [-0.1, -0.05) is 0 Å². The Morgan fingerprint density at radius 3 is 2.08 bits per heavy atom. The lowest BCUT2D eigenvalue weighted by molar-refractivity contribution is -0.192. The Morgan fingerprint density at radius 1 is 0.974 bits per heavy atom. The number of benzene rings is 1. The van der Waals surface area contributed by atoms with Crippen molar-refractivity contribution in [2.24, 2.45) is 4.99 Å². The molecule has 2 fully saturated rings. The highest BCUT2D eigenvalue weighted by Crippen LogP contribution is 2.14. The van der Waals surface area contributed by atoms with Gasteiger partial charge in [-0.15, -0.1) is 0 Å². The van der Waals surface area contributed by atoms with E-state index in [2.05, 4.69) is 15.1 Å². The highest BCUT2D eigenvalue weighted by Gasteiger charge is 2.38. The number of halogens is 3. The van der Waals surface area contributed by atoms with Gasteiger partial charge in [0.15, 0.2) is 5.96 Å². The molecule has 2 aliphatic heterocycles. The number of likely N-dealkylation sites (tertiary alicyclic amines) is 1. The molecule has 1 amide bonds. The summed E-state index contributed by atoms with van der Waals surface area (Å²) in [5, 5.41) is 19.6. The largest absolute Gasteiger partial charge is 0.490 e. The molecule has 0 aromatic heterocycles. The molecule has 1 aromatic rings. The Hall–Kier alpha value is -3.39. The fraction of sp³-hybridized carbons (Fsp3) is 0.600. The predicted molar refractivity (Wildman–Crippen MR) is 138 cm³/mol. The van der Waals surface area contributed by atoms with Gasteiger partial charge in [0.05, 0.1) is 12.1 Å². The van der Waals surface area contributed by atoms with Gasteiger partial charge in [0.1, 0.15) is 0 Å². The molecule has 3 rings (SSSR count). The van der Waals surface area contributed by atoms with Gasteiger partial charge in [-0.3, -0.25) is 14.7 Å². The Bertz CT molecular complexity index is 960. The van der Waals surface area contributed by atoms with Crippen molar-refractivity contribution in [1.82, 2.24) is 14.7 Å². The zero-order valence-electron chi connectivity index (χ0n) is 22.0. The first-order valence-electron chi connectivity index (χ1n) is 12.8. The molecule has 2 saturated heterocycles. The Labute approximate surface area is 225 Å². The van der Waals surface area contributed by atoms with Crippen molar-refractivity contribution in [2.75, 3.05) is 70.9 Å². The van der Waals surface area contributed by atoms with E-state index >= 15 is 0 Å². The average molecular weight is 560 g/mol. The number of carbonyl (C=O) groups excluding carboxylic acids is 1. The number of carbonyl (C=O) groups is 3. The van der Waals surface area contributed by atoms with Crippen LogP contribution in [-0.2, 0) is 14.3 Å². The fourth-order valence-corrected chi connectivity index (χ4v) is 3.92. The van der Waals surface area contributed by atoms with Crippen LogP contribution in [0.3, 0.4) is 0 Å². The molecule has 14 heteroatoms. The third kappa shape index (κ3) is 11.5. The van der Waals surface area contributed by atoms with Crippen LogP contribution in [0.25, 0.3) is 0 Å². The van der Waals surface area contributed by atoms with Gasteiger partial charge >= 0.3 is 18.1 Å². The number of aliphatic carboxylic acids is 1. The summed E-state index contributed by atoms with van der Waals surface area (Å²) in [7, 11) is 0. The van der Waals surface area contributed by atoms with Gasteiger partial charge in [-0.2, -0.15) is 13.2 Å². The number of rotatable bonds is 9. The number of nitrogens with one attached hydrogen (secondary N) is 1. The highest BCUT2D eigenvalue weighted by molar-refractivity contribution is 5.94. The van der Waals surface area contributed by atoms with E-state index in [0.29, 0.717) is 26.3 Å². The molecule has 0 saturated carbocycles. The van der Waals surface area contributed by atoms with E-state index in [4.69, 9.17) is 24.7 Å². The number of guanidine groups is 1. The molecule has 2 aliphatic rings. The molecule has 0 spiro atoms. The first-order valence-corrected chi connectivity index (χ1v) is 12.8. The number of alkyl halides is 3. The minimum atomic E-state index is -5.08. The van der Waals surface area contributed by atoms with Gasteiger partial charge in [0.25, 0.3) is 0 Å². The van der Waals surface area contributed by atoms with Crippen LogP contribution < -0.4 is 5.32 Å². The summed E-state index contributed by atoms with van der Waals surface area (Å²) in [6.07, 6.45) is -2.02. The van der Waals surface area contributed by atoms with E-state index in [-0.39, 0.29) is 11.5 Å². The number of amides is 1. The molecule has 218 valence electrons. The Kier molecular flexibility index (Phi) is 13.0. The van der Waals surface area contributed by atoms with Crippen LogP contribution in [0.5, 0.6) is 0 Å². The van der Waals surface area contributed by atoms with E-state index in [1.807, 2.05) is 11.8 Å². The molecule has 0 atom stereocenters. The van der Waals surface area contributed by atoms with Crippen molar-refractivity contribution in [1.29, 1.82) is 0 Å². The number of nitrogens with zero attached hydrogens (tertiary/aromatic N) is 4.